The lowest BCUT2D eigenvalue weighted by molar-refractivity contribution is 0.247. The summed E-state index contributed by atoms with van der Waals surface area (Å²) in [5.74, 6) is 0.724. The lowest BCUT2D eigenvalue weighted by atomic mass is 10.1. The Labute approximate surface area is 135 Å². The highest BCUT2D eigenvalue weighted by Crippen LogP contribution is 2.15. The van der Waals surface area contributed by atoms with Gasteiger partial charge in [0.05, 0.1) is 6.54 Å². The smallest absolute Gasteiger partial charge is 0.319 e. The lowest BCUT2D eigenvalue weighted by Crippen LogP contribution is -2.32. The Balaban J connectivity index is 1.67. The molecule has 0 aliphatic carbocycles. The first-order chi connectivity index (χ1) is 10.7. The molecule has 116 valence electrons. The summed E-state index contributed by atoms with van der Waals surface area (Å²) < 4.78 is 5.49. The third-order valence-corrected chi connectivity index (χ3v) is 3.34. The number of urea groups is 1. The molecule has 0 unspecified atom stereocenters. The van der Waals surface area contributed by atoms with Gasteiger partial charge in [-0.2, -0.15) is 0 Å². The summed E-state index contributed by atoms with van der Waals surface area (Å²) in [7, 11) is 0. The number of benzene rings is 2. The van der Waals surface area contributed by atoms with E-state index in [1.165, 1.54) is 5.56 Å². The minimum atomic E-state index is -0.246. The lowest BCUT2D eigenvalue weighted by Gasteiger charge is -2.09. The Morgan fingerprint density at radius 3 is 2.41 bits per heavy atom. The Morgan fingerprint density at radius 1 is 1.09 bits per heavy atom. The van der Waals surface area contributed by atoms with Gasteiger partial charge in [0.25, 0.3) is 0 Å². The van der Waals surface area contributed by atoms with Gasteiger partial charge in [0.15, 0.2) is 0 Å². The normalized spacial score (nSPS) is 10.1. The molecular weight excluding hydrogens is 300 g/mol. The van der Waals surface area contributed by atoms with E-state index in [4.69, 9.17) is 16.3 Å². The van der Waals surface area contributed by atoms with Crippen LogP contribution in [0, 0.1) is 0 Å². The highest BCUT2D eigenvalue weighted by atomic mass is 35.5. The fourth-order valence-electron chi connectivity index (χ4n) is 1.86. The molecule has 2 aromatic rings. The molecule has 2 amide bonds. The molecule has 0 saturated carbocycles. The maximum atomic E-state index is 11.7. The van der Waals surface area contributed by atoms with Crippen LogP contribution in [-0.2, 0) is 6.42 Å². The Hall–Kier alpha value is -2.20. The van der Waals surface area contributed by atoms with Crippen molar-refractivity contribution in [3.05, 3.63) is 59.1 Å². The molecule has 0 fully saturated rings. The summed E-state index contributed by atoms with van der Waals surface area (Å²) in [5, 5.41) is 6.18. The number of ether oxygens (including phenoxy) is 1. The van der Waals surface area contributed by atoms with Gasteiger partial charge in [-0.25, -0.2) is 4.79 Å². The van der Waals surface area contributed by atoms with Crippen LogP contribution in [0.4, 0.5) is 10.5 Å². The Bertz CT molecular complexity index is 597. The largest absolute Gasteiger partial charge is 0.492 e. The molecule has 4 nitrogen and oxygen atoms in total. The average Bonchev–Trinajstić information content (AvgIpc) is 2.54. The number of aryl methyl sites for hydroxylation is 1. The quantitative estimate of drug-likeness (QED) is 0.788. The Kier molecular flexibility index (Phi) is 6.10. The first-order valence-corrected chi connectivity index (χ1v) is 7.57. The average molecular weight is 319 g/mol. The van der Waals surface area contributed by atoms with E-state index in [9.17, 15) is 4.79 Å². The fourth-order valence-corrected chi connectivity index (χ4v) is 1.99. The second-order valence-corrected chi connectivity index (χ2v) is 5.17. The zero-order chi connectivity index (χ0) is 15.8. The zero-order valence-electron chi connectivity index (χ0n) is 12.4. The summed E-state index contributed by atoms with van der Waals surface area (Å²) in [6.45, 7) is 2.90. The molecule has 2 aromatic carbocycles. The summed E-state index contributed by atoms with van der Waals surface area (Å²) in [4.78, 5) is 11.7. The molecule has 0 aromatic heterocycles. The third-order valence-electron chi connectivity index (χ3n) is 3.09. The van der Waals surface area contributed by atoms with E-state index in [1.807, 2.05) is 24.3 Å². The van der Waals surface area contributed by atoms with E-state index >= 15 is 0 Å². The highest BCUT2D eigenvalue weighted by molar-refractivity contribution is 6.30. The summed E-state index contributed by atoms with van der Waals surface area (Å²) in [6.07, 6.45) is 0.981. The number of amides is 2. The van der Waals surface area contributed by atoms with E-state index in [1.54, 1.807) is 24.3 Å². The molecule has 0 spiro atoms. The van der Waals surface area contributed by atoms with Crippen molar-refractivity contribution < 1.29 is 9.53 Å². The molecular formula is C17H19ClN2O2. The second kappa shape index (κ2) is 8.29. The summed E-state index contributed by atoms with van der Waals surface area (Å²) in [6, 6.07) is 14.6. The van der Waals surface area contributed by atoms with E-state index in [2.05, 4.69) is 17.6 Å². The summed E-state index contributed by atoms with van der Waals surface area (Å²) in [5.41, 5.74) is 2.01. The highest BCUT2D eigenvalue weighted by Gasteiger charge is 2.01. The summed E-state index contributed by atoms with van der Waals surface area (Å²) >= 11 is 5.79. The molecule has 0 bridgehead atoms. The molecule has 0 radical (unpaired) electrons. The van der Waals surface area contributed by atoms with E-state index in [-0.39, 0.29) is 6.03 Å². The number of nitrogens with one attached hydrogen (secondary N) is 2. The van der Waals surface area contributed by atoms with Gasteiger partial charge in [-0.05, 0) is 48.4 Å². The van der Waals surface area contributed by atoms with Gasteiger partial charge in [-0.15, -0.1) is 0 Å². The molecule has 0 atom stereocenters. The van der Waals surface area contributed by atoms with Gasteiger partial charge in [-0.1, -0.05) is 30.7 Å². The number of halogens is 1. The maximum Gasteiger partial charge on any atom is 0.319 e. The van der Waals surface area contributed by atoms with E-state index in [0.717, 1.165) is 17.9 Å². The van der Waals surface area contributed by atoms with Crippen LogP contribution in [-0.4, -0.2) is 19.2 Å². The van der Waals surface area contributed by atoms with Crippen LogP contribution in [0.25, 0.3) is 0 Å². The molecule has 0 aliphatic rings. The number of hydrogen-bond donors (Lipinski definition) is 2. The predicted molar refractivity (Wildman–Crippen MR) is 89.8 cm³/mol. The zero-order valence-corrected chi connectivity index (χ0v) is 13.2. The maximum absolute atomic E-state index is 11.7. The van der Waals surface area contributed by atoms with Gasteiger partial charge in [0.1, 0.15) is 12.4 Å². The van der Waals surface area contributed by atoms with Crippen molar-refractivity contribution in [1.29, 1.82) is 0 Å². The topological polar surface area (TPSA) is 50.4 Å². The number of hydrogen-bond acceptors (Lipinski definition) is 2. The van der Waals surface area contributed by atoms with Crippen molar-refractivity contribution in [3.63, 3.8) is 0 Å². The Morgan fingerprint density at radius 2 is 1.77 bits per heavy atom. The predicted octanol–water partition coefficient (Wildman–Crippen LogP) is 4.10. The first-order valence-electron chi connectivity index (χ1n) is 7.19. The van der Waals surface area contributed by atoms with Crippen LogP contribution in [0.1, 0.15) is 12.5 Å². The SMILES string of the molecule is CCc1ccc(NC(=O)NCCOc2ccc(Cl)cc2)cc1. The first kappa shape index (κ1) is 16.2. The van der Waals surface area contributed by atoms with Crippen molar-refractivity contribution in [2.24, 2.45) is 0 Å². The second-order valence-electron chi connectivity index (χ2n) is 4.73. The number of carbonyl (C=O) groups excluding carboxylic acids is 1. The van der Waals surface area contributed by atoms with Crippen LogP contribution in [0.5, 0.6) is 5.75 Å². The van der Waals surface area contributed by atoms with Crippen LogP contribution in [0.15, 0.2) is 48.5 Å². The molecule has 2 N–H and O–H groups in total. The standard InChI is InChI=1S/C17H19ClN2O2/c1-2-13-3-7-15(8-4-13)20-17(21)19-11-12-22-16-9-5-14(18)6-10-16/h3-10H,2,11-12H2,1H3,(H2,19,20,21). The van der Waals surface area contributed by atoms with Crippen LogP contribution >= 0.6 is 11.6 Å². The number of carbonyl (C=O) groups is 1. The van der Waals surface area contributed by atoms with Crippen LogP contribution < -0.4 is 15.4 Å². The minimum absolute atomic E-state index is 0.246. The molecule has 0 saturated heterocycles. The molecule has 5 heteroatoms. The molecule has 22 heavy (non-hydrogen) atoms. The monoisotopic (exact) mass is 318 g/mol. The van der Waals surface area contributed by atoms with Crippen molar-refractivity contribution in [1.82, 2.24) is 5.32 Å². The van der Waals surface area contributed by atoms with Crippen molar-refractivity contribution in [2.75, 3.05) is 18.5 Å². The number of anilines is 1. The van der Waals surface area contributed by atoms with Gasteiger partial charge in [-0.3, -0.25) is 0 Å². The van der Waals surface area contributed by atoms with Crippen molar-refractivity contribution in [2.45, 2.75) is 13.3 Å². The van der Waals surface area contributed by atoms with Gasteiger partial charge >= 0.3 is 6.03 Å². The van der Waals surface area contributed by atoms with Gasteiger partial charge in [0.2, 0.25) is 0 Å². The van der Waals surface area contributed by atoms with E-state index < -0.39 is 0 Å². The van der Waals surface area contributed by atoms with Gasteiger partial charge in [0, 0.05) is 10.7 Å². The molecule has 0 aliphatic heterocycles. The van der Waals surface area contributed by atoms with Crippen molar-refractivity contribution >= 4 is 23.3 Å². The third kappa shape index (κ3) is 5.30. The van der Waals surface area contributed by atoms with Crippen LogP contribution in [0.3, 0.4) is 0 Å². The number of rotatable bonds is 6. The molecule has 2 rings (SSSR count). The minimum Gasteiger partial charge on any atom is -0.492 e. The van der Waals surface area contributed by atoms with Gasteiger partial charge < -0.3 is 15.4 Å². The van der Waals surface area contributed by atoms with Crippen molar-refractivity contribution in [3.8, 4) is 5.75 Å². The van der Waals surface area contributed by atoms with Crippen LogP contribution in [0.2, 0.25) is 5.02 Å². The fraction of sp³-hybridized carbons (Fsp3) is 0.235. The molecule has 0 heterocycles. The van der Waals surface area contributed by atoms with E-state index in [0.29, 0.717) is 18.2 Å².